The monoisotopic (exact) mass is 410 g/mol. The Labute approximate surface area is 167 Å². The van der Waals surface area contributed by atoms with Crippen molar-refractivity contribution in [3.8, 4) is 5.75 Å². The molecule has 1 heterocycles. The molecule has 7 nitrogen and oxygen atoms in total. The molecule has 4 aliphatic rings. The smallest absolute Gasteiger partial charge is 0.258 e. The molecule has 152 valence electrons. The van der Waals surface area contributed by atoms with E-state index in [1.54, 1.807) is 0 Å². The van der Waals surface area contributed by atoms with Gasteiger partial charge in [0.1, 0.15) is 17.7 Å². The molecule has 2 amide bonds. The van der Waals surface area contributed by atoms with Crippen LogP contribution in [0.5, 0.6) is 5.75 Å². The quantitative estimate of drug-likeness (QED) is 0.560. The van der Waals surface area contributed by atoms with E-state index in [0.717, 1.165) is 38.4 Å². The molecule has 4 N–H and O–H groups in total. The molecule has 1 aromatic carbocycles. The van der Waals surface area contributed by atoms with E-state index in [2.05, 4.69) is 28.2 Å². The highest BCUT2D eigenvalue weighted by atomic mass is 35.5. The Kier molecular flexibility index (Phi) is 4.97. The van der Waals surface area contributed by atoms with Crippen LogP contribution >= 0.6 is 11.6 Å². The maximum atomic E-state index is 13.4. The molecule has 9 heteroatoms. The zero-order valence-electron chi connectivity index (χ0n) is 15.6. The molecule has 0 unspecified atom stereocenters. The fourth-order valence-electron chi connectivity index (χ4n) is 4.40. The number of ether oxygens (including phenoxy) is 1. The maximum absolute atomic E-state index is 13.4. The van der Waals surface area contributed by atoms with Crippen LogP contribution in [-0.4, -0.2) is 48.8 Å². The summed E-state index contributed by atoms with van der Waals surface area (Å²) in [6, 6.07) is 4.04. The molecule has 1 aromatic rings. The summed E-state index contributed by atoms with van der Waals surface area (Å²) in [7, 11) is 0. The molecule has 3 saturated carbocycles. The van der Waals surface area contributed by atoms with Gasteiger partial charge in [0.15, 0.2) is 6.61 Å². The largest absolute Gasteiger partial charge is 0.484 e. The Balaban J connectivity index is 1.19. The summed E-state index contributed by atoms with van der Waals surface area (Å²) in [4.78, 5) is 24.5. The molecule has 1 saturated heterocycles. The molecule has 0 spiro atoms. The van der Waals surface area contributed by atoms with E-state index in [1.165, 1.54) is 12.1 Å². The SMILES string of the molecule is CC1CNC(C(=O)NC23CC(NC(=O)COc4ccc(Cl)c(F)c4)(C2)C3)NC1. The molecular formula is C19H24ClFN4O3. The maximum Gasteiger partial charge on any atom is 0.258 e. The highest BCUT2D eigenvalue weighted by Gasteiger charge is 2.69. The summed E-state index contributed by atoms with van der Waals surface area (Å²) in [5.41, 5.74) is -0.474. The molecular weight excluding hydrogens is 387 g/mol. The number of halogens is 2. The Hall–Kier alpha value is -1.90. The fraction of sp³-hybridized carbons (Fsp3) is 0.579. The number of hydrogen-bond acceptors (Lipinski definition) is 5. The van der Waals surface area contributed by atoms with Gasteiger partial charge in [-0.15, -0.1) is 0 Å². The van der Waals surface area contributed by atoms with Gasteiger partial charge < -0.3 is 15.4 Å². The number of benzene rings is 1. The zero-order valence-corrected chi connectivity index (χ0v) is 16.4. The van der Waals surface area contributed by atoms with Gasteiger partial charge in [0, 0.05) is 30.2 Å². The summed E-state index contributed by atoms with van der Waals surface area (Å²) in [6.45, 7) is 3.55. The van der Waals surface area contributed by atoms with Gasteiger partial charge >= 0.3 is 0 Å². The van der Waals surface area contributed by atoms with Crippen LogP contribution in [0.4, 0.5) is 4.39 Å². The Bertz CT molecular complexity index is 778. The average Bonchev–Trinajstić information content (AvgIpc) is 2.60. The van der Waals surface area contributed by atoms with Crippen molar-refractivity contribution in [3.05, 3.63) is 29.0 Å². The van der Waals surface area contributed by atoms with Crippen molar-refractivity contribution >= 4 is 23.4 Å². The van der Waals surface area contributed by atoms with E-state index in [4.69, 9.17) is 16.3 Å². The molecule has 1 aliphatic heterocycles. The van der Waals surface area contributed by atoms with Crippen molar-refractivity contribution < 1.29 is 18.7 Å². The first-order chi connectivity index (χ1) is 13.3. The van der Waals surface area contributed by atoms with Gasteiger partial charge in [0.05, 0.1) is 5.02 Å². The van der Waals surface area contributed by atoms with Gasteiger partial charge in [-0.2, -0.15) is 0 Å². The Morgan fingerprint density at radius 2 is 1.86 bits per heavy atom. The second-order valence-electron chi connectivity index (χ2n) is 8.35. The third kappa shape index (κ3) is 3.81. The first-order valence-corrected chi connectivity index (χ1v) is 9.84. The minimum absolute atomic E-state index is 0.00570. The van der Waals surface area contributed by atoms with E-state index >= 15 is 0 Å². The highest BCUT2D eigenvalue weighted by Crippen LogP contribution is 2.60. The topological polar surface area (TPSA) is 91.5 Å². The first kappa shape index (κ1) is 19.4. The summed E-state index contributed by atoms with van der Waals surface area (Å²) < 4.78 is 18.7. The second-order valence-corrected chi connectivity index (χ2v) is 8.75. The van der Waals surface area contributed by atoms with Crippen LogP contribution in [0.15, 0.2) is 18.2 Å². The summed E-state index contributed by atoms with van der Waals surface area (Å²) in [6.07, 6.45) is 1.80. The fourth-order valence-corrected chi connectivity index (χ4v) is 4.52. The molecule has 0 radical (unpaired) electrons. The Morgan fingerprint density at radius 3 is 2.50 bits per heavy atom. The van der Waals surface area contributed by atoms with Gasteiger partial charge in [0.2, 0.25) is 0 Å². The lowest BCUT2D eigenvalue weighted by atomic mass is 9.44. The minimum Gasteiger partial charge on any atom is -0.484 e. The lowest BCUT2D eigenvalue weighted by molar-refractivity contribution is -0.152. The van der Waals surface area contributed by atoms with E-state index < -0.39 is 5.82 Å². The number of nitrogens with one attached hydrogen (secondary N) is 4. The standard InChI is InChI=1S/C19H24ClFN4O3/c1-11-5-22-16(23-6-11)17(27)25-19-8-18(9-19,10-19)24-15(26)7-28-12-2-3-13(20)14(21)4-12/h2-4,11,16,22-23H,5-10H2,1H3,(H,24,26)(H,25,27). The van der Waals surface area contributed by atoms with Crippen LogP contribution in [0.2, 0.25) is 5.02 Å². The van der Waals surface area contributed by atoms with Crippen molar-refractivity contribution in [3.63, 3.8) is 0 Å². The number of rotatable bonds is 6. The third-order valence-electron chi connectivity index (χ3n) is 5.69. The Morgan fingerprint density at radius 1 is 1.21 bits per heavy atom. The van der Waals surface area contributed by atoms with Crippen molar-refractivity contribution in [2.24, 2.45) is 5.92 Å². The van der Waals surface area contributed by atoms with E-state index in [0.29, 0.717) is 5.92 Å². The number of hydrogen-bond donors (Lipinski definition) is 4. The lowest BCUT2D eigenvalue weighted by Gasteiger charge is -2.70. The summed E-state index contributed by atoms with van der Waals surface area (Å²) in [5, 5.41) is 12.5. The average molecular weight is 411 g/mol. The van der Waals surface area contributed by atoms with Gasteiger partial charge in [0.25, 0.3) is 11.8 Å². The van der Waals surface area contributed by atoms with Crippen LogP contribution in [0.25, 0.3) is 0 Å². The lowest BCUT2D eigenvalue weighted by Crippen LogP contribution is -2.84. The van der Waals surface area contributed by atoms with Crippen LogP contribution in [-0.2, 0) is 9.59 Å². The van der Waals surface area contributed by atoms with Crippen LogP contribution in [0.3, 0.4) is 0 Å². The molecule has 4 fully saturated rings. The van der Waals surface area contributed by atoms with Crippen LogP contribution in [0, 0.1) is 11.7 Å². The predicted octanol–water partition coefficient (Wildman–Crippen LogP) is 0.920. The van der Waals surface area contributed by atoms with Crippen molar-refractivity contribution in [1.82, 2.24) is 21.3 Å². The molecule has 5 rings (SSSR count). The van der Waals surface area contributed by atoms with Crippen LogP contribution in [0.1, 0.15) is 26.2 Å². The molecule has 2 bridgehead atoms. The predicted molar refractivity (Wildman–Crippen MR) is 101 cm³/mol. The van der Waals surface area contributed by atoms with Crippen LogP contribution < -0.4 is 26.0 Å². The summed E-state index contributed by atoms with van der Waals surface area (Å²) in [5.74, 6) is -0.142. The first-order valence-electron chi connectivity index (χ1n) is 9.46. The summed E-state index contributed by atoms with van der Waals surface area (Å²) >= 11 is 5.62. The van der Waals surface area contributed by atoms with E-state index in [1.807, 2.05) is 0 Å². The van der Waals surface area contributed by atoms with Crippen molar-refractivity contribution in [1.29, 1.82) is 0 Å². The van der Waals surface area contributed by atoms with Gasteiger partial charge in [-0.05, 0) is 37.3 Å². The van der Waals surface area contributed by atoms with Gasteiger partial charge in [-0.1, -0.05) is 18.5 Å². The minimum atomic E-state index is -0.590. The van der Waals surface area contributed by atoms with E-state index in [-0.39, 0.29) is 46.4 Å². The zero-order chi connectivity index (χ0) is 19.9. The van der Waals surface area contributed by atoms with Crippen molar-refractivity contribution in [2.45, 2.75) is 43.4 Å². The molecule has 0 atom stereocenters. The molecule has 3 aliphatic carbocycles. The second kappa shape index (κ2) is 7.17. The third-order valence-corrected chi connectivity index (χ3v) is 5.99. The van der Waals surface area contributed by atoms with E-state index in [9.17, 15) is 14.0 Å². The highest BCUT2D eigenvalue weighted by molar-refractivity contribution is 6.30. The van der Waals surface area contributed by atoms with Crippen molar-refractivity contribution in [2.75, 3.05) is 19.7 Å². The number of carbonyl (C=O) groups excluding carboxylic acids is 2. The number of carbonyl (C=O) groups is 2. The molecule has 0 aromatic heterocycles. The van der Waals surface area contributed by atoms with Gasteiger partial charge in [-0.3, -0.25) is 20.2 Å². The molecule has 28 heavy (non-hydrogen) atoms. The number of amides is 2. The normalized spacial score (nSPS) is 33.2. The van der Waals surface area contributed by atoms with Gasteiger partial charge in [-0.25, -0.2) is 4.39 Å².